The number of hydrogen-bond donors (Lipinski definition) is 1. The molecule has 0 saturated carbocycles. The predicted molar refractivity (Wildman–Crippen MR) is 69.8 cm³/mol. The van der Waals surface area contributed by atoms with Crippen LogP contribution in [-0.4, -0.2) is 30.6 Å². The van der Waals surface area contributed by atoms with Crippen LogP contribution in [0.4, 0.5) is 15.8 Å². The summed E-state index contributed by atoms with van der Waals surface area (Å²) in [4.78, 5) is 12.4. The maximum Gasteiger partial charge on any atom is 0.295 e. The van der Waals surface area contributed by atoms with Gasteiger partial charge in [-0.1, -0.05) is 6.07 Å². The van der Waals surface area contributed by atoms with Gasteiger partial charge >= 0.3 is 0 Å². The van der Waals surface area contributed by atoms with Gasteiger partial charge in [-0.25, -0.2) is 4.39 Å². The van der Waals surface area contributed by atoms with Crippen LogP contribution in [-0.2, 0) is 0 Å². The summed E-state index contributed by atoms with van der Waals surface area (Å²) in [5, 5.41) is 14.5. The van der Waals surface area contributed by atoms with Gasteiger partial charge in [0.2, 0.25) is 0 Å². The van der Waals surface area contributed by atoms with Gasteiger partial charge in [-0.05, 0) is 31.4 Å². The summed E-state index contributed by atoms with van der Waals surface area (Å²) in [6.45, 7) is 2.35. The summed E-state index contributed by atoms with van der Waals surface area (Å²) >= 11 is 0. The lowest BCUT2D eigenvalue weighted by Crippen LogP contribution is -2.44. The third kappa shape index (κ3) is 2.16. The van der Waals surface area contributed by atoms with Crippen molar-refractivity contribution in [3.8, 4) is 0 Å². The van der Waals surface area contributed by atoms with Crippen LogP contribution >= 0.6 is 0 Å². The van der Waals surface area contributed by atoms with Crippen LogP contribution in [0.1, 0.15) is 12.8 Å². The van der Waals surface area contributed by atoms with Crippen LogP contribution < -0.4 is 10.2 Å². The third-order valence-corrected chi connectivity index (χ3v) is 4.13. The average Bonchev–Trinajstić information content (AvgIpc) is 2.85. The van der Waals surface area contributed by atoms with Crippen molar-refractivity contribution in [2.24, 2.45) is 5.92 Å². The Hall–Kier alpha value is -1.69. The van der Waals surface area contributed by atoms with Crippen molar-refractivity contribution >= 4 is 11.4 Å². The second kappa shape index (κ2) is 4.77. The van der Waals surface area contributed by atoms with E-state index in [0.717, 1.165) is 19.4 Å². The lowest BCUT2D eigenvalue weighted by molar-refractivity contribution is -0.384. The van der Waals surface area contributed by atoms with E-state index in [4.69, 9.17) is 0 Å². The quantitative estimate of drug-likeness (QED) is 0.655. The molecule has 0 radical (unpaired) electrons. The van der Waals surface area contributed by atoms with Gasteiger partial charge in [0.1, 0.15) is 0 Å². The fourth-order valence-corrected chi connectivity index (χ4v) is 3.21. The maximum atomic E-state index is 14.0. The standard InChI is InChI=1S/C13H16FN3O2/c14-10-2-1-3-12(17(18)19)13(10)16-7-5-11-9(8-16)4-6-15-11/h1-3,9,11,15H,4-8H2. The molecule has 0 bridgehead atoms. The van der Waals surface area contributed by atoms with Crippen LogP contribution in [0.15, 0.2) is 18.2 Å². The Morgan fingerprint density at radius 2 is 2.26 bits per heavy atom. The average molecular weight is 265 g/mol. The molecule has 1 aromatic carbocycles. The third-order valence-electron chi connectivity index (χ3n) is 4.13. The Morgan fingerprint density at radius 3 is 3.05 bits per heavy atom. The molecule has 3 rings (SSSR count). The first-order chi connectivity index (χ1) is 9.16. The first-order valence-corrected chi connectivity index (χ1v) is 6.58. The number of rotatable bonds is 2. The number of piperidine rings is 1. The Kier molecular flexibility index (Phi) is 3.10. The van der Waals surface area contributed by atoms with Gasteiger partial charge in [0.25, 0.3) is 5.69 Å². The Balaban J connectivity index is 1.91. The van der Waals surface area contributed by atoms with Crippen molar-refractivity contribution in [3.05, 3.63) is 34.1 Å². The minimum Gasteiger partial charge on any atom is -0.363 e. The van der Waals surface area contributed by atoms with Crippen LogP contribution in [0, 0.1) is 21.8 Å². The van der Waals surface area contributed by atoms with Gasteiger partial charge in [0, 0.05) is 25.2 Å². The second-order valence-electron chi connectivity index (χ2n) is 5.21. The molecular formula is C13H16FN3O2. The van der Waals surface area contributed by atoms with Crippen LogP contribution in [0.3, 0.4) is 0 Å². The number of hydrogen-bond acceptors (Lipinski definition) is 4. The number of nitrogens with one attached hydrogen (secondary N) is 1. The Labute approximate surface area is 110 Å². The molecule has 2 aliphatic rings. The number of anilines is 1. The van der Waals surface area contributed by atoms with Crippen molar-refractivity contribution < 1.29 is 9.31 Å². The zero-order valence-corrected chi connectivity index (χ0v) is 10.5. The van der Waals surface area contributed by atoms with Crippen molar-refractivity contribution in [2.75, 3.05) is 24.5 Å². The molecule has 0 spiro atoms. The molecule has 0 amide bonds. The zero-order valence-electron chi connectivity index (χ0n) is 10.5. The molecule has 2 atom stereocenters. The van der Waals surface area contributed by atoms with E-state index in [9.17, 15) is 14.5 Å². The molecule has 6 heteroatoms. The summed E-state index contributed by atoms with van der Waals surface area (Å²) in [6, 6.07) is 4.54. The monoisotopic (exact) mass is 265 g/mol. The van der Waals surface area contributed by atoms with Gasteiger partial charge in [0.05, 0.1) is 4.92 Å². The van der Waals surface area contributed by atoms with Crippen LogP contribution in [0.5, 0.6) is 0 Å². The molecule has 2 saturated heterocycles. The Bertz CT molecular complexity index is 509. The molecule has 0 aliphatic carbocycles. The van der Waals surface area contributed by atoms with E-state index in [2.05, 4.69) is 5.32 Å². The highest BCUT2D eigenvalue weighted by atomic mass is 19.1. The number of nitro groups is 1. The number of nitrogens with zero attached hydrogens (tertiary/aromatic N) is 2. The normalized spacial score (nSPS) is 26.3. The van der Waals surface area contributed by atoms with Gasteiger partial charge in [-0.15, -0.1) is 0 Å². The summed E-state index contributed by atoms with van der Waals surface area (Å²) < 4.78 is 14.0. The fourth-order valence-electron chi connectivity index (χ4n) is 3.21. The minimum absolute atomic E-state index is 0.135. The molecule has 2 fully saturated rings. The molecular weight excluding hydrogens is 249 g/mol. The smallest absolute Gasteiger partial charge is 0.295 e. The Morgan fingerprint density at radius 1 is 1.42 bits per heavy atom. The van der Waals surface area contributed by atoms with Crippen molar-refractivity contribution in [2.45, 2.75) is 18.9 Å². The van der Waals surface area contributed by atoms with Gasteiger partial charge in [0.15, 0.2) is 11.5 Å². The van der Waals surface area contributed by atoms with E-state index < -0.39 is 10.7 Å². The summed E-state index contributed by atoms with van der Waals surface area (Å²) in [6.07, 6.45) is 1.97. The predicted octanol–water partition coefficient (Wildman–Crippen LogP) is 1.92. The van der Waals surface area contributed by atoms with Crippen LogP contribution in [0.25, 0.3) is 0 Å². The maximum absolute atomic E-state index is 14.0. The van der Waals surface area contributed by atoms with E-state index in [1.807, 2.05) is 4.90 Å². The molecule has 1 N–H and O–H groups in total. The number of nitro benzene ring substituents is 1. The first-order valence-electron chi connectivity index (χ1n) is 6.58. The van der Waals surface area contributed by atoms with E-state index in [1.54, 1.807) is 0 Å². The van der Waals surface area contributed by atoms with E-state index in [-0.39, 0.29) is 11.4 Å². The zero-order chi connectivity index (χ0) is 13.4. The lowest BCUT2D eigenvalue weighted by Gasteiger charge is -2.36. The SMILES string of the molecule is O=[N+]([O-])c1cccc(F)c1N1CCC2NCCC2C1. The molecule has 102 valence electrons. The first kappa shape index (κ1) is 12.3. The van der Waals surface area contributed by atoms with E-state index in [0.29, 0.717) is 25.0 Å². The summed E-state index contributed by atoms with van der Waals surface area (Å²) in [5.74, 6) is -0.0356. The molecule has 2 heterocycles. The van der Waals surface area contributed by atoms with Gasteiger partial charge in [-0.2, -0.15) is 0 Å². The number of halogens is 1. The topological polar surface area (TPSA) is 58.4 Å². The number of benzene rings is 1. The molecule has 19 heavy (non-hydrogen) atoms. The number of fused-ring (bicyclic) bond motifs is 1. The molecule has 0 aromatic heterocycles. The van der Waals surface area contributed by atoms with Crippen molar-refractivity contribution in [1.29, 1.82) is 0 Å². The highest BCUT2D eigenvalue weighted by Gasteiger charge is 2.35. The van der Waals surface area contributed by atoms with E-state index >= 15 is 0 Å². The van der Waals surface area contributed by atoms with Gasteiger partial charge < -0.3 is 10.2 Å². The molecule has 1 aromatic rings. The van der Waals surface area contributed by atoms with E-state index in [1.165, 1.54) is 18.2 Å². The minimum atomic E-state index is -0.503. The van der Waals surface area contributed by atoms with Crippen molar-refractivity contribution in [1.82, 2.24) is 5.32 Å². The van der Waals surface area contributed by atoms with Crippen LogP contribution in [0.2, 0.25) is 0 Å². The van der Waals surface area contributed by atoms with Gasteiger partial charge in [-0.3, -0.25) is 10.1 Å². The lowest BCUT2D eigenvalue weighted by atomic mass is 9.93. The number of para-hydroxylation sites is 1. The fraction of sp³-hybridized carbons (Fsp3) is 0.538. The molecule has 5 nitrogen and oxygen atoms in total. The highest BCUT2D eigenvalue weighted by Crippen LogP contribution is 2.35. The summed E-state index contributed by atoms with van der Waals surface area (Å²) in [7, 11) is 0. The molecule has 2 unspecified atom stereocenters. The van der Waals surface area contributed by atoms with Crippen molar-refractivity contribution in [3.63, 3.8) is 0 Å². The highest BCUT2D eigenvalue weighted by molar-refractivity contribution is 5.64. The second-order valence-corrected chi connectivity index (χ2v) is 5.21. The largest absolute Gasteiger partial charge is 0.363 e. The summed E-state index contributed by atoms with van der Waals surface area (Å²) in [5.41, 5.74) is 0.0160. The molecule has 2 aliphatic heterocycles.